The molecule has 0 aliphatic carbocycles. The summed E-state index contributed by atoms with van der Waals surface area (Å²) < 4.78 is 16.0. The lowest BCUT2D eigenvalue weighted by molar-refractivity contribution is 0.358. The van der Waals surface area contributed by atoms with Crippen LogP contribution in [0.15, 0.2) is 18.3 Å². The Morgan fingerprint density at radius 1 is 1.40 bits per heavy atom. The fourth-order valence-electron chi connectivity index (χ4n) is 2.84. The van der Waals surface area contributed by atoms with Gasteiger partial charge in [0.25, 0.3) is 0 Å². The van der Waals surface area contributed by atoms with Gasteiger partial charge >= 0.3 is 0 Å². The van der Waals surface area contributed by atoms with Crippen LogP contribution in [0.2, 0.25) is 5.15 Å². The van der Waals surface area contributed by atoms with Crippen LogP contribution < -0.4 is 0 Å². The molecule has 0 unspecified atom stereocenters. The maximum absolute atomic E-state index is 14.0. The molecule has 2 aromatic rings. The summed E-state index contributed by atoms with van der Waals surface area (Å²) in [6.45, 7) is 5.05. The summed E-state index contributed by atoms with van der Waals surface area (Å²) in [5.41, 5.74) is 2.78. The van der Waals surface area contributed by atoms with Crippen molar-refractivity contribution in [2.75, 3.05) is 0 Å². The number of aromatic nitrogens is 2. The number of halogens is 2. The smallest absolute Gasteiger partial charge is 0.149 e. The lowest BCUT2D eigenvalue weighted by Crippen LogP contribution is -2.13. The number of fused-ring (bicyclic) bond motifs is 1. The molecule has 0 spiro atoms. The van der Waals surface area contributed by atoms with Crippen molar-refractivity contribution in [3.05, 3.63) is 40.7 Å². The van der Waals surface area contributed by atoms with E-state index in [2.05, 4.69) is 24.9 Å². The summed E-state index contributed by atoms with van der Waals surface area (Å²) >= 11 is 5.86. The van der Waals surface area contributed by atoms with E-state index in [1.165, 1.54) is 6.07 Å². The van der Waals surface area contributed by atoms with Gasteiger partial charge in [0.2, 0.25) is 0 Å². The van der Waals surface area contributed by atoms with Crippen LogP contribution in [-0.2, 0) is 13.0 Å². The van der Waals surface area contributed by atoms with E-state index < -0.39 is 5.82 Å². The fraction of sp³-hybridized carbons (Fsp3) is 0.333. The third kappa shape index (κ3) is 1.99. The Labute approximate surface area is 121 Å². The number of hydrogen-bond acceptors (Lipinski definition) is 2. The van der Waals surface area contributed by atoms with Crippen molar-refractivity contribution in [3.63, 3.8) is 0 Å². The van der Waals surface area contributed by atoms with Crippen LogP contribution in [0.3, 0.4) is 0 Å². The number of nitriles is 1. The minimum Gasteiger partial charge on any atom is -0.335 e. The van der Waals surface area contributed by atoms with E-state index in [1.54, 1.807) is 6.07 Å². The van der Waals surface area contributed by atoms with E-state index in [-0.39, 0.29) is 10.6 Å². The van der Waals surface area contributed by atoms with Crippen LogP contribution >= 0.6 is 11.6 Å². The maximum atomic E-state index is 14.0. The largest absolute Gasteiger partial charge is 0.335 e. The molecule has 1 aliphatic heterocycles. The Bertz CT molecular complexity index is 740. The minimum atomic E-state index is -0.419. The summed E-state index contributed by atoms with van der Waals surface area (Å²) in [6, 6.07) is 5.43. The second-order valence-electron chi connectivity index (χ2n) is 5.92. The molecular weight excluding hydrogens is 277 g/mol. The summed E-state index contributed by atoms with van der Waals surface area (Å²) in [5.74, 6) is -0.419. The van der Waals surface area contributed by atoms with Crippen molar-refractivity contribution in [1.82, 2.24) is 9.55 Å². The van der Waals surface area contributed by atoms with Crippen LogP contribution in [0, 0.1) is 22.6 Å². The van der Waals surface area contributed by atoms with Gasteiger partial charge in [-0.05, 0) is 24.0 Å². The van der Waals surface area contributed by atoms with Crippen molar-refractivity contribution in [2.24, 2.45) is 5.41 Å². The zero-order valence-corrected chi connectivity index (χ0v) is 12.0. The molecule has 3 nitrogen and oxygen atoms in total. The van der Waals surface area contributed by atoms with E-state index >= 15 is 0 Å². The highest BCUT2D eigenvalue weighted by molar-refractivity contribution is 6.29. The Morgan fingerprint density at radius 3 is 2.85 bits per heavy atom. The molecule has 0 fully saturated rings. The molecule has 0 bridgehead atoms. The number of rotatable bonds is 1. The lowest BCUT2D eigenvalue weighted by atomic mass is 9.89. The molecule has 20 heavy (non-hydrogen) atoms. The predicted octanol–water partition coefficient (Wildman–Crippen LogP) is 3.80. The van der Waals surface area contributed by atoms with Gasteiger partial charge < -0.3 is 4.57 Å². The third-order valence-electron chi connectivity index (χ3n) is 3.67. The zero-order chi connectivity index (χ0) is 14.5. The van der Waals surface area contributed by atoms with Crippen LogP contribution in [-0.4, -0.2) is 9.55 Å². The molecule has 1 aliphatic rings. The van der Waals surface area contributed by atoms with Crippen molar-refractivity contribution < 1.29 is 4.39 Å². The SMILES string of the molecule is CC1(C)Cc2c(-c3cc(Cl)ncc3F)cc(C#N)n2C1. The molecule has 102 valence electrons. The molecule has 0 aromatic carbocycles. The van der Waals surface area contributed by atoms with E-state index in [9.17, 15) is 9.65 Å². The first kappa shape index (κ1) is 13.1. The maximum Gasteiger partial charge on any atom is 0.149 e. The van der Waals surface area contributed by atoms with Gasteiger partial charge in [0, 0.05) is 23.4 Å². The molecule has 3 rings (SSSR count). The predicted molar refractivity (Wildman–Crippen MR) is 74.8 cm³/mol. The highest BCUT2D eigenvalue weighted by atomic mass is 35.5. The monoisotopic (exact) mass is 289 g/mol. The topological polar surface area (TPSA) is 41.6 Å². The van der Waals surface area contributed by atoms with Crippen LogP contribution in [0.25, 0.3) is 11.1 Å². The second kappa shape index (κ2) is 4.32. The van der Waals surface area contributed by atoms with E-state index in [0.29, 0.717) is 11.3 Å². The van der Waals surface area contributed by atoms with Gasteiger partial charge in [-0.25, -0.2) is 9.37 Å². The van der Waals surface area contributed by atoms with Gasteiger partial charge in [0.1, 0.15) is 22.7 Å². The first-order valence-corrected chi connectivity index (χ1v) is 6.73. The Morgan fingerprint density at radius 2 is 2.15 bits per heavy atom. The van der Waals surface area contributed by atoms with Gasteiger partial charge in [-0.3, -0.25) is 0 Å². The van der Waals surface area contributed by atoms with Gasteiger partial charge in [0.15, 0.2) is 0 Å². The van der Waals surface area contributed by atoms with E-state index in [4.69, 9.17) is 11.6 Å². The van der Waals surface area contributed by atoms with Crippen molar-refractivity contribution in [1.29, 1.82) is 5.26 Å². The summed E-state index contributed by atoms with van der Waals surface area (Å²) in [6.07, 6.45) is 1.93. The molecule has 0 saturated carbocycles. The number of nitrogens with zero attached hydrogens (tertiary/aromatic N) is 3. The number of hydrogen-bond donors (Lipinski definition) is 0. The fourth-order valence-corrected chi connectivity index (χ4v) is 3.00. The molecular formula is C15H13ClFN3. The van der Waals surface area contributed by atoms with Gasteiger partial charge in [-0.15, -0.1) is 0 Å². The van der Waals surface area contributed by atoms with Crippen LogP contribution in [0.1, 0.15) is 25.2 Å². The average Bonchev–Trinajstić information content (AvgIpc) is 2.85. The Balaban J connectivity index is 2.22. The van der Waals surface area contributed by atoms with Gasteiger partial charge in [-0.1, -0.05) is 25.4 Å². The Hall–Kier alpha value is -1.86. The number of pyridine rings is 1. The standard InChI is InChI=1S/C15H13ClFN3/c1-15(2)5-13-11(3-9(6-18)20(13)8-15)10-4-14(16)19-7-12(10)17/h3-4,7H,5,8H2,1-2H3. The molecule has 0 saturated heterocycles. The van der Waals surface area contributed by atoms with E-state index in [1.807, 2.05) is 4.57 Å². The van der Waals surface area contributed by atoms with Gasteiger partial charge in [0.05, 0.1) is 6.20 Å². The zero-order valence-electron chi connectivity index (χ0n) is 11.2. The minimum absolute atomic E-state index is 0.0737. The van der Waals surface area contributed by atoms with Crippen LogP contribution in [0.5, 0.6) is 0 Å². The summed E-state index contributed by atoms with van der Waals surface area (Å²) in [4.78, 5) is 3.73. The van der Waals surface area contributed by atoms with Gasteiger partial charge in [-0.2, -0.15) is 5.26 Å². The molecule has 0 atom stereocenters. The third-order valence-corrected chi connectivity index (χ3v) is 3.87. The second-order valence-corrected chi connectivity index (χ2v) is 6.30. The summed E-state index contributed by atoms with van der Waals surface area (Å²) in [5, 5.41) is 9.50. The molecule has 0 amide bonds. The molecule has 3 heterocycles. The normalized spacial score (nSPS) is 15.9. The van der Waals surface area contributed by atoms with Crippen molar-refractivity contribution >= 4 is 11.6 Å². The Kier molecular flexibility index (Phi) is 2.84. The molecule has 0 radical (unpaired) electrons. The van der Waals surface area contributed by atoms with E-state index in [0.717, 1.165) is 30.4 Å². The highest BCUT2D eigenvalue weighted by Gasteiger charge is 2.33. The molecule has 5 heteroatoms. The summed E-state index contributed by atoms with van der Waals surface area (Å²) in [7, 11) is 0. The van der Waals surface area contributed by atoms with Crippen LogP contribution in [0.4, 0.5) is 4.39 Å². The molecule has 0 N–H and O–H groups in total. The first-order valence-electron chi connectivity index (χ1n) is 6.35. The van der Waals surface area contributed by atoms with Crippen molar-refractivity contribution in [2.45, 2.75) is 26.8 Å². The quantitative estimate of drug-likeness (QED) is 0.749. The molecule has 2 aromatic heterocycles. The highest BCUT2D eigenvalue weighted by Crippen LogP contribution is 2.40. The van der Waals surface area contributed by atoms with Crippen molar-refractivity contribution in [3.8, 4) is 17.2 Å². The lowest BCUT2D eigenvalue weighted by Gasteiger charge is -2.15. The average molecular weight is 290 g/mol. The first-order chi connectivity index (χ1) is 9.41.